The molecule has 0 unspecified atom stereocenters. The van der Waals surface area contributed by atoms with Crippen molar-refractivity contribution in [2.75, 3.05) is 6.54 Å². The molecule has 1 N–H and O–H groups in total. The standard InChI is InChI=1S/C10H15ClN2OS/c1-6(2)4-5-12-9(14)8-7(3)15-10(11)13-8/h6H,4-5H2,1-3H3,(H,12,14). The van der Waals surface area contributed by atoms with Crippen LogP contribution in [0.1, 0.15) is 35.6 Å². The molecular formula is C10H15ClN2OS. The van der Waals surface area contributed by atoms with E-state index < -0.39 is 0 Å². The Kier molecular flexibility index (Phi) is 4.54. The molecule has 0 bridgehead atoms. The van der Waals surface area contributed by atoms with Crippen LogP contribution in [0.5, 0.6) is 0 Å². The van der Waals surface area contributed by atoms with Crippen LogP contribution < -0.4 is 5.32 Å². The van der Waals surface area contributed by atoms with Gasteiger partial charge in [0.1, 0.15) is 5.69 Å². The number of hydrogen-bond acceptors (Lipinski definition) is 3. The van der Waals surface area contributed by atoms with Gasteiger partial charge in [0, 0.05) is 11.4 Å². The first-order valence-electron chi connectivity index (χ1n) is 4.92. The average molecular weight is 247 g/mol. The third-order valence-corrected chi connectivity index (χ3v) is 3.07. The number of aryl methyl sites for hydroxylation is 1. The molecule has 0 aliphatic heterocycles. The van der Waals surface area contributed by atoms with Crippen molar-refractivity contribution in [2.24, 2.45) is 5.92 Å². The average Bonchev–Trinajstić information content (AvgIpc) is 2.44. The number of carbonyl (C=O) groups excluding carboxylic acids is 1. The van der Waals surface area contributed by atoms with Crippen LogP contribution in [-0.4, -0.2) is 17.4 Å². The molecule has 5 heteroatoms. The first-order chi connectivity index (χ1) is 7.00. The van der Waals surface area contributed by atoms with Crippen LogP contribution in [0.4, 0.5) is 0 Å². The van der Waals surface area contributed by atoms with E-state index >= 15 is 0 Å². The van der Waals surface area contributed by atoms with Gasteiger partial charge in [-0.15, -0.1) is 11.3 Å². The van der Waals surface area contributed by atoms with Crippen molar-refractivity contribution in [1.82, 2.24) is 10.3 Å². The smallest absolute Gasteiger partial charge is 0.271 e. The highest BCUT2D eigenvalue weighted by Gasteiger charge is 2.13. The molecule has 0 aliphatic carbocycles. The maximum Gasteiger partial charge on any atom is 0.271 e. The lowest BCUT2D eigenvalue weighted by atomic mass is 10.1. The number of aromatic nitrogens is 1. The van der Waals surface area contributed by atoms with Crippen molar-refractivity contribution in [3.05, 3.63) is 15.0 Å². The van der Waals surface area contributed by atoms with Crippen molar-refractivity contribution in [3.8, 4) is 0 Å². The van der Waals surface area contributed by atoms with Gasteiger partial charge in [-0.3, -0.25) is 4.79 Å². The summed E-state index contributed by atoms with van der Waals surface area (Å²) in [7, 11) is 0. The molecule has 0 spiro atoms. The Morgan fingerprint density at radius 1 is 1.60 bits per heavy atom. The van der Waals surface area contributed by atoms with Gasteiger partial charge >= 0.3 is 0 Å². The summed E-state index contributed by atoms with van der Waals surface area (Å²) in [4.78, 5) is 16.5. The Balaban J connectivity index is 2.50. The number of thiazole rings is 1. The molecule has 1 amide bonds. The minimum atomic E-state index is -0.128. The van der Waals surface area contributed by atoms with Crippen LogP contribution in [0.15, 0.2) is 0 Å². The lowest BCUT2D eigenvalue weighted by Crippen LogP contribution is -2.26. The number of carbonyl (C=O) groups is 1. The molecular weight excluding hydrogens is 232 g/mol. The van der Waals surface area contributed by atoms with Gasteiger partial charge in [0.05, 0.1) is 0 Å². The predicted molar refractivity (Wildman–Crippen MR) is 63.6 cm³/mol. The Bertz CT molecular complexity index is 349. The number of halogens is 1. The third kappa shape index (κ3) is 3.80. The van der Waals surface area contributed by atoms with Gasteiger partial charge in [-0.05, 0) is 19.3 Å². The second-order valence-electron chi connectivity index (χ2n) is 3.81. The molecule has 15 heavy (non-hydrogen) atoms. The Morgan fingerprint density at radius 3 is 2.73 bits per heavy atom. The molecule has 1 aromatic heterocycles. The van der Waals surface area contributed by atoms with Gasteiger partial charge in [-0.2, -0.15) is 0 Å². The van der Waals surface area contributed by atoms with E-state index in [0.717, 1.165) is 11.3 Å². The van der Waals surface area contributed by atoms with Crippen molar-refractivity contribution in [1.29, 1.82) is 0 Å². The summed E-state index contributed by atoms with van der Waals surface area (Å²) in [5.74, 6) is 0.460. The first kappa shape index (κ1) is 12.5. The van der Waals surface area contributed by atoms with Gasteiger partial charge < -0.3 is 5.32 Å². The molecule has 0 saturated carbocycles. The van der Waals surface area contributed by atoms with Crippen molar-refractivity contribution in [2.45, 2.75) is 27.2 Å². The van der Waals surface area contributed by atoms with Gasteiger partial charge in [-0.1, -0.05) is 25.4 Å². The van der Waals surface area contributed by atoms with E-state index in [1.807, 2.05) is 6.92 Å². The Morgan fingerprint density at radius 2 is 2.27 bits per heavy atom. The second-order valence-corrected chi connectivity index (χ2v) is 5.60. The summed E-state index contributed by atoms with van der Waals surface area (Å²) < 4.78 is 0.418. The fourth-order valence-electron chi connectivity index (χ4n) is 1.13. The Hall–Kier alpha value is -0.610. The predicted octanol–water partition coefficient (Wildman–Crippen LogP) is 2.88. The van der Waals surface area contributed by atoms with Crippen LogP contribution >= 0.6 is 22.9 Å². The summed E-state index contributed by atoms with van der Waals surface area (Å²) in [6.45, 7) is 6.78. The van der Waals surface area contributed by atoms with E-state index in [9.17, 15) is 4.79 Å². The molecule has 0 fully saturated rings. The lowest BCUT2D eigenvalue weighted by Gasteiger charge is -2.05. The first-order valence-corrected chi connectivity index (χ1v) is 6.11. The van der Waals surface area contributed by atoms with E-state index in [-0.39, 0.29) is 5.91 Å². The minimum Gasteiger partial charge on any atom is -0.351 e. The van der Waals surface area contributed by atoms with E-state index in [1.54, 1.807) is 0 Å². The van der Waals surface area contributed by atoms with Crippen molar-refractivity contribution >= 4 is 28.8 Å². The van der Waals surface area contributed by atoms with Gasteiger partial charge in [0.15, 0.2) is 4.47 Å². The highest BCUT2D eigenvalue weighted by molar-refractivity contribution is 7.15. The summed E-state index contributed by atoms with van der Waals surface area (Å²) >= 11 is 7.05. The normalized spacial score (nSPS) is 10.7. The lowest BCUT2D eigenvalue weighted by molar-refractivity contribution is 0.0947. The fourth-order valence-corrected chi connectivity index (χ4v) is 2.19. The van der Waals surface area contributed by atoms with Crippen molar-refractivity contribution in [3.63, 3.8) is 0 Å². The van der Waals surface area contributed by atoms with Gasteiger partial charge in [0.25, 0.3) is 5.91 Å². The molecule has 0 radical (unpaired) electrons. The molecule has 3 nitrogen and oxygen atoms in total. The number of nitrogens with zero attached hydrogens (tertiary/aromatic N) is 1. The highest BCUT2D eigenvalue weighted by Crippen LogP contribution is 2.21. The van der Waals surface area contributed by atoms with Crippen LogP contribution in [0, 0.1) is 12.8 Å². The molecule has 84 valence electrons. The van der Waals surface area contributed by atoms with E-state index in [4.69, 9.17) is 11.6 Å². The van der Waals surface area contributed by atoms with E-state index in [2.05, 4.69) is 24.1 Å². The maximum atomic E-state index is 11.6. The van der Waals surface area contributed by atoms with Crippen LogP contribution in [-0.2, 0) is 0 Å². The third-order valence-electron chi connectivity index (χ3n) is 1.99. The van der Waals surface area contributed by atoms with E-state index in [1.165, 1.54) is 11.3 Å². The van der Waals surface area contributed by atoms with Crippen molar-refractivity contribution < 1.29 is 4.79 Å². The molecule has 1 aromatic rings. The van der Waals surface area contributed by atoms with Crippen LogP contribution in [0.2, 0.25) is 4.47 Å². The minimum absolute atomic E-state index is 0.128. The highest BCUT2D eigenvalue weighted by atomic mass is 35.5. The van der Waals surface area contributed by atoms with E-state index in [0.29, 0.717) is 22.6 Å². The number of amides is 1. The summed E-state index contributed by atoms with van der Waals surface area (Å²) in [5.41, 5.74) is 0.453. The summed E-state index contributed by atoms with van der Waals surface area (Å²) in [5, 5.41) is 2.83. The second kappa shape index (κ2) is 5.47. The zero-order valence-corrected chi connectivity index (χ0v) is 10.7. The van der Waals surface area contributed by atoms with Gasteiger partial charge in [-0.25, -0.2) is 4.98 Å². The Labute approximate surface area is 98.9 Å². The van der Waals surface area contributed by atoms with Crippen LogP contribution in [0.25, 0.3) is 0 Å². The number of rotatable bonds is 4. The molecule has 0 atom stereocenters. The number of hydrogen-bond donors (Lipinski definition) is 1. The number of nitrogens with one attached hydrogen (secondary N) is 1. The monoisotopic (exact) mass is 246 g/mol. The summed E-state index contributed by atoms with van der Waals surface area (Å²) in [6, 6.07) is 0. The zero-order valence-electron chi connectivity index (χ0n) is 9.13. The molecule has 1 heterocycles. The fraction of sp³-hybridized carbons (Fsp3) is 0.600. The quantitative estimate of drug-likeness (QED) is 0.888. The SMILES string of the molecule is Cc1sc(Cl)nc1C(=O)NCCC(C)C. The summed E-state index contributed by atoms with van der Waals surface area (Å²) in [6.07, 6.45) is 0.975. The zero-order chi connectivity index (χ0) is 11.4. The molecule has 0 aliphatic rings. The van der Waals surface area contributed by atoms with Crippen LogP contribution in [0.3, 0.4) is 0 Å². The molecule has 0 aromatic carbocycles. The maximum absolute atomic E-state index is 11.6. The van der Waals surface area contributed by atoms with Gasteiger partial charge in [0.2, 0.25) is 0 Å². The topological polar surface area (TPSA) is 42.0 Å². The molecule has 1 rings (SSSR count). The largest absolute Gasteiger partial charge is 0.351 e. The molecule has 0 saturated heterocycles.